The second-order valence-electron chi connectivity index (χ2n) is 1.35. The van der Waals surface area contributed by atoms with Crippen molar-refractivity contribution in [2.45, 2.75) is 6.42 Å². The molecule has 0 spiro atoms. The molecule has 0 saturated heterocycles. The Bertz CT molecular complexity index is 156. The van der Waals surface area contributed by atoms with Crippen molar-refractivity contribution in [3.05, 3.63) is 0 Å². The second-order valence-corrected chi connectivity index (χ2v) is 1.35. The van der Waals surface area contributed by atoms with E-state index in [4.69, 9.17) is 10.0 Å². The van der Waals surface area contributed by atoms with Crippen molar-refractivity contribution in [2.75, 3.05) is 0 Å². The summed E-state index contributed by atoms with van der Waals surface area (Å²) in [5.41, 5.74) is 0. The molecule has 0 radical (unpaired) electrons. The van der Waals surface area contributed by atoms with Crippen molar-refractivity contribution in [2.24, 2.45) is 0 Å². The van der Waals surface area contributed by atoms with Gasteiger partial charge in [-0.1, -0.05) is 0 Å². The van der Waals surface area contributed by atoms with Crippen molar-refractivity contribution in [1.29, 1.82) is 0 Å². The van der Waals surface area contributed by atoms with Crippen LogP contribution in [0.15, 0.2) is 0 Å². The number of rotatable bonds is 3. The van der Waals surface area contributed by atoms with E-state index in [0.29, 0.717) is 0 Å². The third-order valence-electron chi connectivity index (χ3n) is 0.520. The molecule has 0 aromatic carbocycles. The van der Waals surface area contributed by atoms with E-state index in [2.05, 4.69) is 4.65 Å². The van der Waals surface area contributed by atoms with Gasteiger partial charge in [0.05, 0.1) is 0 Å². The van der Waals surface area contributed by atoms with Crippen LogP contribution in [0.25, 0.3) is 0 Å². The van der Waals surface area contributed by atoms with Crippen molar-refractivity contribution >= 4 is 19.3 Å². The predicted octanol–water partition coefficient (Wildman–Crippen LogP) is -4.50. The SMILES string of the molecule is O=C(F)CC(=O)OB(O)O.[H-].[Li+]. The molecule has 0 fully saturated rings. The van der Waals surface area contributed by atoms with Gasteiger partial charge in [0.2, 0.25) is 0 Å². The van der Waals surface area contributed by atoms with Crippen LogP contribution < -0.4 is 18.9 Å². The molecule has 0 unspecified atom stereocenters. The van der Waals surface area contributed by atoms with Crippen molar-refractivity contribution in [3.8, 4) is 0 Å². The van der Waals surface area contributed by atoms with E-state index in [0.717, 1.165) is 0 Å². The van der Waals surface area contributed by atoms with Crippen LogP contribution in [0.5, 0.6) is 0 Å². The first-order valence-corrected chi connectivity index (χ1v) is 2.26. The quantitative estimate of drug-likeness (QED) is 0.245. The zero-order valence-corrected chi connectivity index (χ0v) is 5.78. The average molecular weight is 158 g/mol. The van der Waals surface area contributed by atoms with Gasteiger partial charge < -0.3 is 16.1 Å². The molecule has 8 heteroatoms. The Hall–Kier alpha value is -0.348. The van der Waals surface area contributed by atoms with E-state index < -0.39 is 25.7 Å². The molecule has 0 atom stereocenters. The smallest absolute Gasteiger partial charge is 1.00 e. The van der Waals surface area contributed by atoms with Crippen LogP contribution in [0.3, 0.4) is 0 Å². The fraction of sp³-hybridized carbons (Fsp3) is 0.333. The fourth-order valence-electron chi connectivity index (χ4n) is 0.273. The van der Waals surface area contributed by atoms with Gasteiger partial charge in [-0.3, -0.25) is 9.59 Å². The van der Waals surface area contributed by atoms with Gasteiger partial charge in [-0.15, -0.1) is 0 Å². The first-order chi connectivity index (χ1) is 4.52. The van der Waals surface area contributed by atoms with E-state index in [1.54, 1.807) is 0 Å². The molecule has 0 aromatic rings. The van der Waals surface area contributed by atoms with Crippen LogP contribution in [0.4, 0.5) is 4.39 Å². The van der Waals surface area contributed by atoms with Gasteiger partial charge >= 0.3 is 38.2 Å². The average Bonchev–Trinajstić information content (AvgIpc) is 1.58. The molecule has 2 N–H and O–H groups in total. The van der Waals surface area contributed by atoms with Crippen LogP contribution in [-0.2, 0) is 14.2 Å². The summed E-state index contributed by atoms with van der Waals surface area (Å²) in [4.78, 5) is 19.6. The molecule has 5 nitrogen and oxygen atoms in total. The molecular weight excluding hydrogens is 153 g/mol. The summed E-state index contributed by atoms with van der Waals surface area (Å²) < 4.78 is 14.9. The van der Waals surface area contributed by atoms with Gasteiger partial charge in [0.15, 0.2) is 0 Å². The second kappa shape index (κ2) is 6.37. The minimum atomic E-state index is -2.30. The normalized spacial score (nSPS) is 7.91. The monoisotopic (exact) mass is 158 g/mol. The summed E-state index contributed by atoms with van der Waals surface area (Å²) in [6.07, 6.45) is -1.10. The third kappa shape index (κ3) is 9.65. The standard InChI is InChI=1S/C3H4BFO5.Li.H/c5-2(6)1-3(7)10-4(8)9;;/h8-9H,1H2;;/q;+1;-1. The van der Waals surface area contributed by atoms with Crippen LogP contribution in [0.2, 0.25) is 0 Å². The largest absolute Gasteiger partial charge is 1.00 e. The van der Waals surface area contributed by atoms with Crippen LogP contribution >= 0.6 is 0 Å². The predicted molar refractivity (Wildman–Crippen MR) is 28.1 cm³/mol. The first-order valence-electron chi connectivity index (χ1n) is 2.26. The number of hydrogen-bond acceptors (Lipinski definition) is 5. The minimum Gasteiger partial charge on any atom is -1.00 e. The molecule has 0 aliphatic rings. The molecular formula is C3H5BFLiO5. The van der Waals surface area contributed by atoms with Crippen molar-refractivity contribution in [1.82, 2.24) is 0 Å². The molecule has 0 rings (SSSR count). The maximum Gasteiger partial charge on any atom is 1.00 e. The minimum absolute atomic E-state index is 0. The van der Waals surface area contributed by atoms with E-state index in [1.165, 1.54) is 0 Å². The molecule has 0 aliphatic heterocycles. The van der Waals surface area contributed by atoms with Crippen molar-refractivity contribution < 1.29 is 49.0 Å². The van der Waals surface area contributed by atoms with Gasteiger partial charge in [-0.05, 0) is 0 Å². The summed E-state index contributed by atoms with van der Waals surface area (Å²) in [7, 11) is -2.30. The fourth-order valence-corrected chi connectivity index (χ4v) is 0.273. The van der Waals surface area contributed by atoms with Crippen LogP contribution in [-0.4, -0.2) is 29.4 Å². The zero-order valence-electron chi connectivity index (χ0n) is 6.78. The van der Waals surface area contributed by atoms with E-state index in [9.17, 15) is 14.0 Å². The van der Waals surface area contributed by atoms with Crippen molar-refractivity contribution in [3.63, 3.8) is 0 Å². The molecule has 0 bridgehead atoms. The summed E-state index contributed by atoms with van der Waals surface area (Å²) in [5.74, 6) is -1.32. The Balaban J connectivity index is -0.000000405. The van der Waals surface area contributed by atoms with E-state index in [-0.39, 0.29) is 20.3 Å². The number of hydrogen-bond donors (Lipinski definition) is 2. The molecule has 0 aliphatic carbocycles. The summed E-state index contributed by atoms with van der Waals surface area (Å²) in [6.45, 7) is 0. The van der Waals surface area contributed by atoms with E-state index in [1.807, 2.05) is 0 Å². The number of carbonyl (C=O) groups is 2. The maximum absolute atomic E-state index is 11.3. The molecule has 0 saturated carbocycles. The van der Waals surface area contributed by atoms with Gasteiger partial charge in [-0.25, -0.2) is 0 Å². The molecule has 0 aromatic heterocycles. The third-order valence-corrected chi connectivity index (χ3v) is 0.520. The Morgan fingerprint density at radius 2 is 2.00 bits per heavy atom. The maximum atomic E-state index is 11.3. The topological polar surface area (TPSA) is 83.8 Å². The summed E-state index contributed by atoms with van der Waals surface area (Å²) >= 11 is 0. The summed E-state index contributed by atoms with van der Waals surface area (Å²) in [5, 5.41) is 15.8. The van der Waals surface area contributed by atoms with Crippen LogP contribution in [0.1, 0.15) is 7.85 Å². The summed E-state index contributed by atoms with van der Waals surface area (Å²) in [6, 6.07) is -1.88. The molecule has 0 amide bonds. The first kappa shape index (κ1) is 13.3. The Labute approximate surface area is 75.4 Å². The van der Waals surface area contributed by atoms with Gasteiger partial charge in [0.1, 0.15) is 6.42 Å². The Morgan fingerprint density at radius 3 is 2.27 bits per heavy atom. The molecule has 11 heavy (non-hydrogen) atoms. The molecule has 58 valence electrons. The Morgan fingerprint density at radius 1 is 1.55 bits per heavy atom. The van der Waals surface area contributed by atoms with Gasteiger partial charge in [0, 0.05) is 0 Å². The zero-order chi connectivity index (χ0) is 8.15. The Kier molecular flexibility index (Phi) is 7.67. The number of carbonyl (C=O) groups excluding carboxylic acids is 2. The van der Waals surface area contributed by atoms with Crippen LogP contribution in [0, 0.1) is 0 Å². The van der Waals surface area contributed by atoms with Gasteiger partial charge in [-0.2, -0.15) is 4.39 Å². The van der Waals surface area contributed by atoms with E-state index >= 15 is 0 Å². The number of halogens is 1. The molecule has 0 heterocycles. The van der Waals surface area contributed by atoms with Gasteiger partial charge in [0.25, 0.3) is 0 Å².